The predicted molar refractivity (Wildman–Crippen MR) is 129 cm³/mol. The second-order valence-corrected chi connectivity index (χ2v) is 9.17. The van der Waals surface area contributed by atoms with Crippen molar-refractivity contribution < 1.29 is 31.5 Å². The van der Waals surface area contributed by atoms with Gasteiger partial charge in [0.1, 0.15) is 17.2 Å². The number of nitrogens with zero attached hydrogens (tertiary/aromatic N) is 2. The first-order chi connectivity index (χ1) is 17.6. The topological polar surface area (TPSA) is 32.8 Å². The number of hydrogen-bond donors (Lipinski definition) is 0. The molecule has 0 aliphatic carbocycles. The van der Waals surface area contributed by atoms with Gasteiger partial charge in [0.05, 0.1) is 18.3 Å². The van der Waals surface area contributed by atoms with Gasteiger partial charge < -0.3 is 9.64 Å². The molecular formula is C27H24ClF5N2O2. The van der Waals surface area contributed by atoms with Gasteiger partial charge in [-0.15, -0.1) is 0 Å². The zero-order chi connectivity index (χ0) is 26.6. The summed E-state index contributed by atoms with van der Waals surface area (Å²) in [6.45, 7) is 2.00. The van der Waals surface area contributed by atoms with Gasteiger partial charge >= 0.3 is 6.18 Å². The van der Waals surface area contributed by atoms with Crippen LogP contribution in [0.3, 0.4) is 0 Å². The van der Waals surface area contributed by atoms with Gasteiger partial charge in [-0.2, -0.15) is 13.2 Å². The van der Waals surface area contributed by atoms with Crippen LogP contribution in [0.4, 0.5) is 22.0 Å². The van der Waals surface area contributed by atoms with Crippen LogP contribution in [0.2, 0.25) is 5.02 Å². The van der Waals surface area contributed by atoms with Crippen LogP contribution in [0.25, 0.3) is 0 Å². The molecule has 3 aromatic rings. The third kappa shape index (κ3) is 6.85. The first-order valence-corrected chi connectivity index (χ1v) is 12.0. The van der Waals surface area contributed by atoms with E-state index in [-0.39, 0.29) is 19.7 Å². The lowest BCUT2D eigenvalue weighted by Crippen LogP contribution is -2.50. The van der Waals surface area contributed by atoms with Crippen molar-refractivity contribution in [3.63, 3.8) is 0 Å². The van der Waals surface area contributed by atoms with Crippen LogP contribution in [0.1, 0.15) is 33.2 Å². The molecule has 0 N–H and O–H groups in total. The molecule has 0 saturated carbocycles. The van der Waals surface area contributed by atoms with E-state index in [0.717, 1.165) is 29.8 Å². The van der Waals surface area contributed by atoms with E-state index in [1.165, 1.54) is 23.1 Å². The Hall–Kier alpha value is -3.01. The molecule has 0 radical (unpaired) electrons. The number of rotatable bonds is 7. The van der Waals surface area contributed by atoms with Crippen LogP contribution in [-0.2, 0) is 17.5 Å². The Labute approximate surface area is 216 Å². The summed E-state index contributed by atoms with van der Waals surface area (Å²) in [5.74, 6) is -2.48. The zero-order valence-corrected chi connectivity index (χ0v) is 20.4. The van der Waals surface area contributed by atoms with Crippen LogP contribution < -0.4 is 0 Å². The van der Waals surface area contributed by atoms with E-state index in [2.05, 4.69) is 4.90 Å². The van der Waals surface area contributed by atoms with E-state index in [1.807, 2.05) is 12.1 Å². The number of carbonyl (C=O) groups is 1. The quantitative estimate of drug-likeness (QED) is 0.329. The molecule has 1 fully saturated rings. The van der Waals surface area contributed by atoms with Crippen molar-refractivity contribution in [2.45, 2.75) is 18.9 Å². The van der Waals surface area contributed by atoms with Gasteiger partial charge in [0.2, 0.25) is 0 Å². The molecular weight excluding hydrogens is 515 g/mol. The first-order valence-electron chi connectivity index (χ1n) is 11.6. The third-order valence-electron chi connectivity index (χ3n) is 6.23. The minimum Gasteiger partial charge on any atom is -0.368 e. The van der Waals surface area contributed by atoms with E-state index in [1.54, 1.807) is 12.1 Å². The lowest BCUT2D eigenvalue weighted by molar-refractivity contribution is -0.137. The lowest BCUT2D eigenvalue weighted by atomic mass is 10.1. The van der Waals surface area contributed by atoms with E-state index >= 15 is 0 Å². The first kappa shape index (κ1) is 27.0. The number of carbonyl (C=O) groups excluding carboxylic acids is 1. The normalized spacial score (nSPS) is 15.6. The molecule has 0 bridgehead atoms. The average Bonchev–Trinajstić information content (AvgIpc) is 2.87. The minimum atomic E-state index is -4.41. The van der Waals surface area contributed by atoms with Crippen LogP contribution in [0.15, 0.2) is 66.7 Å². The Morgan fingerprint density at radius 3 is 2.05 bits per heavy atom. The molecule has 1 amide bonds. The molecule has 0 spiro atoms. The summed E-state index contributed by atoms with van der Waals surface area (Å²) in [5.41, 5.74) is 0.139. The molecule has 4 rings (SSSR count). The largest absolute Gasteiger partial charge is 0.416 e. The maximum atomic E-state index is 14.0. The molecule has 3 aromatic carbocycles. The summed E-state index contributed by atoms with van der Waals surface area (Å²) >= 11 is 6.02. The van der Waals surface area contributed by atoms with Gasteiger partial charge in [0, 0.05) is 37.7 Å². The van der Waals surface area contributed by atoms with Crippen molar-refractivity contribution in [1.82, 2.24) is 9.80 Å². The highest BCUT2D eigenvalue weighted by atomic mass is 35.5. The molecule has 10 heteroatoms. The van der Waals surface area contributed by atoms with Gasteiger partial charge in [-0.3, -0.25) is 9.69 Å². The summed E-state index contributed by atoms with van der Waals surface area (Å²) in [7, 11) is 0. The van der Waals surface area contributed by atoms with Crippen LogP contribution >= 0.6 is 11.6 Å². The summed E-state index contributed by atoms with van der Waals surface area (Å²) in [6, 6.07) is 15.2. The minimum absolute atomic E-state index is 0.0937. The monoisotopic (exact) mass is 538 g/mol. The van der Waals surface area contributed by atoms with E-state index in [9.17, 15) is 26.7 Å². The second-order valence-electron chi connectivity index (χ2n) is 8.74. The molecule has 1 heterocycles. The number of halogens is 6. The van der Waals surface area contributed by atoms with Crippen molar-refractivity contribution in [3.8, 4) is 0 Å². The van der Waals surface area contributed by atoms with E-state index < -0.39 is 40.9 Å². The van der Waals surface area contributed by atoms with Crippen molar-refractivity contribution >= 4 is 17.5 Å². The molecule has 1 unspecified atom stereocenters. The predicted octanol–water partition coefficient (Wildman–Crippen LogP) is 6.35. The number of benzene rings is 3. The molecule has 1 aliphatic heterocycles. The molecule has 1 atom stereocenters. The number of hydrogen-bond acceptors (Lipinski definition) is 3. The third-order valence-corrected chi connectivity index (χ3v) is 6.49. The second kappa shape index (κ2) is 11.6. The van der Waals surface area contributed by atoms with Crippen LogP contribution in [0, 0.1) is 11.6 Å². The van der Waals surface area contributed by atoms with Crippen molar-refractivity contribution in [3.05, 3.63) is 106 Å². The van der Waals surface area contributed by atoms with Gasteiger partial charge in [-0.25, -0.2) is 8.78 Å². The van der Waals surface area contributed by atoms with Crippen molar-refractivity contribution in [1.29, 1.82) is 0 Å². The molecule has 4 nitrogen and oxygen atoms in total. The highest BCUT2D eigenvalue weighted by Gasteiger charge is 2.30. The summed E-state index contributed by atoms with van der Waals surface area (Å²) in [5, 5.41) is 0.553. The number of piperazine rings is 1. The van der Waals surface area contributed by atoms with Crippen molar-refractivity contribution in [2.75, 3.05) is 32.7 Å². The maximum Gasteiger partial charge on any atom is 0.416 e. The molecule has 1 aliphatic rings. The fourth-order valence-electron chi connectivity index (χ4n) is 4.15. The zero-order valence-electron chi connectivity index (χ0n) is 19.6. The summed E-state index contributed by atoms with van der Waals surface area (Å²) < 4.78 is 72.8. The van der Waals surface area contributed by atoms with Crippen LogP contribution in [0.5, 0.6) is 0 Å². The highest BCUT2D eigenvalue weighted by Crippen LogP contribution is 2.30. The average molecular weight is 539 g/mol. The number of alkyl halides is 3. The van der Waals surface area contributed by atoms with Gasteiger partial charge in [-0.05, 0) is 47.5 Å². The van der Waals surface area contributed by atoms with E-state index in [0.29, 0.717) is 30.2 Å². The Balaban J connectivity index is 1.40. The number of amides is 1. The molecule has 196 valence electrons. The Morgan fingerprint density at radius 2 is 1.49 bits per heavy atom. The van der Waals surface area contributed by atoms with Gasteiger partial charge in [0.15, 0.2) is 0 Å². The SMILES string of the molecule is O=C(c1c(F)cccc1F)N1CCN(CC(OCc2ccc(C(F)(F)F)cc2)c2ccc(Cl)cc2)CC1. The van der Waals surface area contributed by atoms with Gasteiger partial charge in [0.25, 0.3) is 5.91 Å². The van der Waals surface area contributed by atoms with Crippen molar-refractivity contribution in [2.24, 2.45) is 0 Å². The number of ether oxygens (including phenoxy) is 1. The molecule has 1 saturated heterocycles. The highest BCUT2D eigenvalue weighted by molar-refractivity contribution is 6.30. The van der Waals surface area contributed by atoms with Crippen LogP contribution in [-0.4, -0.2) is 48.4 Å². The lowest BCUT2D eigenvalue weighted by Gasteiger charge is -2.36. The fraction of sp³-hybridized carbons (Fsp3) is 0.296. The fourth-order valence-corrected chi connectivity index (χ4v) is 4.27. The Bertz CT molecular complexity index is 1190. The van der Waals surface area contributed by atoms with Gasteiger partial charge in [-0.1, -0.05) is 41.9 Å². The molecule has 37 heavy (non-hydrogen) atoms. The summed E-state index contributed by atoms with van der Waals surface area (Å²) in [4.78, 5) is 16.2. The standard InChI is InChI=1S/C27H24ClF5N2O2/c28-21-10-6-19(7-11-21)24(37-17-18-4-8-20(9-5-18)27(31,32)33)16-34-12-14-35(15-13-34)26(36)25-22(29)2-1-3-23(25)30/h1-11,24H,12-17H2. The molecule has 0 aromatic heterocycles. The Kier molecular flexibility index (Phi) is 8.46. The maximum absolute atomic E-state index is 14.0. The van der Waals surface area contributed by atoms with E-state index in [4.69, 9.17) is 16.3 Å². The smallest absolute Gasteiger partial charge is 0.368 e. The Morgan fingerprint density at radius 1 is 0.892 bits per heavy atom. The summed E-state index contributed by atoms with van der Waals surface area (Å²) in [6.07, 6.45) is -4.84.